The fourth-order valence-corrected chi connectivity index (χ4v) is 3.95. The third-order valence-corrected chi connectivity index (χ3v) is 5.33. The fraction of sp³-hybridized carbons (Fsp3) is 0.421. The van der Waals surface area contributed by atoms with E-state index in [1.165, 1.54) is 6.33 Å². The molecule has 1 aliphatic heterocycles. The monoisotopic (exact) mass is 416 g/mol. The summed E-state index contributed by atoms with van der Waals surface area (Å²) in [5.41, 5.74) is 2.69. The first-order valence-corrected chi connectivity index (χ1v) is 9.83. The fourth-order valence-electron chi connectivity index (χ4n) is 3.57. The second-order valence-corrected chi connectivity index (χ2v) is 7.52. The van der Waals surface area contributed by atoms with Gasteiger partial charge in [-0.25, -0.2) is 4.68 Å². The molecule has 2 aliphatic rings. The Bertz CT molecular complexity index is 874. The lowest BCUT2D eigenvalue weighted by molar-refractivity contribution is -0.116. The van der Waals surface area contributed by atoms with Crippen molar-refractivity contribution in [3.8, 4) is 5.75 Å². The number of allylic oxidation sites excluding steroid dienone is 2. The number of benzene rings is 1. The highest BCUT2D eigenvalue weighted by Gasteiger charge is 2.37. The van der Waals surface area contributed by atoms with Crippen molar-refractivity contribution >= 4 is 27.7 Å². The van der Waals surface area contributed by atoms with Gasteiger partial charge in [-0.1, -0.05) is 29.3 Å². The molecule has 26 heavy (non-hydrogen) atoms. The van der Waals surface area contributed by atoms with Crippen LogP contribution in [0.25, 0.3) is 0 Å². The number of nitrogens with one attached hydrogen (secondary N) is 1. The highest BCUT2D eigenvalue weighted by Crippen LogP contribution is 2.43. The number of hydrogen-bond acceptors (Lipinski definition) is 5. The number of unbranched alkanes of at least 4 members (excludes halogenated alkanes) is 1. The summed E-state index contributed by atoms with van der Waals surface area (Å²) < 4.78 is 8.79. The van der Waals surface area contributed by atoms with Crippen LogP contribution in [0.15, 0.2) is 40.3 Å². The predicted molar refractivity (Wildman–Crippen MR) is 102 cm³/mol. The molecule has 0 radical (unpaired) electrons. The molecule has 2 aromatic rings. The van der Waals surface area contributed by atoms with Gasteiger partial charge in [0.05, 0.1) is 6.61 Å². The molecule has 136 valence electrons. The van der Waals surface area contributed by atoms with Crippen molar-refractivity contribution in [2.24, 2.45) is 0 Å². The molecule has 1 unspecified atom stereocenters. The molecular weight excluding hydrogens is 396 g/mol. The highest BCUT2D eigenvalue weighted by atomic mass is 79.9. The Morgan fingerprint density at radius 2 is 2.27 bits per heavy atom. The molecule has 1 atom stereocenters. The van der Waals surface area contributed by atoms with E-state index in [1.807, 2.05) is 18.2 Å². The Kier molecular flexibility index (Phi) is 4.80. The van der Waals surface area contributed by atoms with Gasteiger partial charge in [0.2, 0.25) is 5.95 Å². The maximum Gasteiger partial charge on any atom is 0.226 e. The largest absolute Gasteiger partial charge is 0.493 e. The van der Waals surface area contributed by atoms with E-state index in [0.29, 0.717) is 19.0 Å². The quantitative estimate of drug-likeness (QED) is 0.737. The van der Waals surface area contributed by atoms with Gasteiger partial charge >= 0.3 is 0 Å². The summed E-state index contributed by atoms with van der Waals surface area (Å²) in [6, 6.07) is 5.63. The molecule has 0 saturated carbocycles. The number of halogens is 1. The van der Waals surface area contributed by atoms with Gasteiger partial charge in [-0.05, 0) is 37.5 Å². The minimum atomic E-state index is -0.314. The number of ether oxygens (including phenoxy) is 1. The van der Waals surface area contributed by atoms with E-state index in [4.69, 9.17) is 4.74 Å². The Morgan fingerprint density at radius 3 is 3.12 bits per heavy atom. The second kappa shape index (κ2) is 7.23. The van der Waals surface area contributed by atoms with Gasteiger partial charge in [-0.3, -0.25) is 4.79 Å². The van der Waals surface area contributed by atoms with E-state index in [2.05, 4.69) is 38.3 Å². The number of nitrogens with zero attached hydrogens (tertiary/aromatic N) is 3. The first-order valence-electron chi connectivity index (χ1n) is 9.04. The van der Waals surface area contributed by atoms with E-state index in [9.17, 15) is 4.79 Å². The van der Waals surface area contributed by atoms with Gasteiger partial charge in [-0.15, -0.1) is 0 Å². The van der Waals surface area contributed by atoms with Crippen LogP contribution in [0.5, 0.6) is 5.75 Å². The van der Waals surface area contributed by atoms with Gasteiger partial charge in [0, 0.05) is 27.7 Å². The topological polar surface area (TPSA) is 69.0 Å². The van der Waals surface area contributed by atoms with Gasteiger partial charge in [0.15, 0.2) is 5.78 Å². The molecule has 0 saturated heterocycles. The van der Waals surface area contributed by atoms with Gasteiger partial charge in [-0.2, -0.15) is 10.1 Å². The third-order valence-electron chi connectivity index (χ3n) is 4.83. The van der Waals surface area contributed by atoms with Crippen molar-refractivity contribution in [2.45, 2.75) is 45.1 Å². The van der Waals surface area contributed by atoms with Crippen LogP contribution in [0.4, 0.5) is 5.95 Å². The van der Waals surface area contributed by atoms with Crippen LogP contribution in [-0.4, -0.2) is 27.2 Å². The van der Waals surface area contributed by atoms with E-state index in [-0.39, 0.29) is 11.8 Å². The van der Waals surface area contributed by atoms with Crippen molar-refractivity contribution in [3.63, 3.8) is 0 Å². The van der Waals surface area contributed by atoms with Gasteiger partial charge in [0.25, 0.3) is 0 Å². The van der Waals surface area contributed by atoms with E-state index < -0.39 is 0 Å². The van der Waals surface area contributed by atoms with Crippen molar-refractivity contribution in [2.75, 3.05) is 11.9 Å². The van der Waals surface area contributed by atoms with Crippen molar-refractivity contribution in [1.29, 1.82) is 0 Å². The highest BCUT2D eigenvalue weighted by molar-refractivity contribution is 9.10. The normalized spacial score (nSPS) is 19.0. The van der Waals surface area contributed by atoms with Crippen LogP contribution in [-0.2, 0) is 4.79 Å². The Labute approximate surface area is 160 Å². The molecule has 1 N–H and O–H groups in total. The number of fused-ring (bicyclic) bond motifs is 1. The molecule has 1 aromatic carbocycles. The SMILES string of the molecule is CCCCOc1ccc(Br)cc1C1C2=C(CCCC2=O)Nc2ncnn21. The standard InChI is InChI=1S/C19H21BrN4O2/c1-2-3-9-26-16-8-7-12(20)10-13(16)18-17-14(5-4-6-15(17)25)23-19-21-11-22-24(18)19/h7-8,10-11,18H,2-6,9H2,1H3,(H,21,22,23). The zero-order valence-electron chi connectivity index (χ0n) is 14.7. The molecule has 0 spiro atoms. The summed E-state index contributed by atoms with van der Waals surface area (Å²) in [5, 5.41) is 7.68. The number of hydrogen-bond donors (Lipinski definition) is 1. The number of Topliss-reactive ketones (excluding diaryl/α,β-unsaturated/α-hetero) is 1. The zero-order chi connectivity index (χ0) is 18.1. The summed E-state index contributed by atoms with van der Waals surface area (Å²) >= 11 is 3.56. The molecular formula is C19H21BrN4O2. The molecule has 6 nitrogen and oxygen atoms in total. The lowest BCUT2D eigenvalue weighted by atomic mass is 9.85. The molecule has 1 aromatic heterocycles. The molecule has 0 bridgehead atoms. The van der Waals surface area contributed by atoms with Gasteiger partial charge < -0.3 is 10.1 Å². The van der Waals surface area contributed by atoms with E-state index in [0.717, 1.165) is 52.7 Å². The molecule has 1 aliphatic carbocycles. The third kappa shape index (κ3) is 3.05. The van der Waals surface area contributed by atoms with Crippen LogP contribution in [0.2, 0.25) is 0 Å². The van der Waals surface area contributed by atoms with E-state index >= 15 is 0 Å². The lowest BCUT2D eigenvalue weighted by Gasteiger charge is -2.33. The maximum absolute atomic E-state index is 12.8. The van der Waals surface area contributed by atoms with Crippen LogP contribution in [0.1, 0.15) is 50.6 Å². The minimum Gasteiger partial charge on any atom is -0.493 e. The molecule has 0 amide bonds. The average Bonchev–Trinajstić information content (AvgIpc) is 3.10. The number of anilines is 1. The van der Waals surface area contributed by atoms with Crippen LogP contribution in [0, 0.1) is 0 Å². The first-order chi connectivity index (χ1) is 12.7. The zero-order valence-corrected chi connectivity index (χ0v) is 16.3. The summed E-state index contributed by atoms with van der Waals surface area (Å²) in [6.45, 7) is 2.79. The molecule has 4 rings (SSSR count). The van der Waals surface area contributed by atoms with Crippen LogP contribution < -0.4 is 10.1 Å². The summed E-state index contributed by atoms with van der Waals surface area (Å²) in [7, 11) is 0. The Morgan fingerprint density at radius 1 is 1.38 bits per heavy atom. The van der Waals surface area contributed by atoms with E-state index in [1.54, 1.807) is 4.68 Å². The van der Waals surface area contributed by atoms with Crippen LogP contribution >= 0.6 is 15.9 Å². The number of aromatic nitrogens is 3. The molecule has 2 heterocycles. The number of rotatable bonds is 5. The number of ketones is 1. The minimum absolute atomic E-state index is 0.171. The average molecular weight is 417 g/mol. The summed E-state index contributed by atoms with van der Waals surface area (Å²) in [4.78, 5) is 17.1. The van der Waals surface area contributed by atoms with Crippen molar-refractivity contribution in [3.05, 3.63) is 45.8 Å². The van der Waals surface area contributed by atoms with Gasteiger partial charge in [0.1, 0.15) is 18.1 Å². The van der Waals surface area contributed by atoms with Crippen LogP contribution in [0.3, 0.4) is 0 Å². The smallest absolute Gasteiger partial charge is 0.226 e. The predicted octanol–water partition coefficient (Wildman–Crippen LogP) is 4.24. The Hall–Kier alpha value is -2.15. The number of carbonyl (C=O) groups is 1. The van der Waals surface area contributed by atoms with Crippen molar-refractivity contribution < 1.29 is 9.53 Å². The molecule has 7 heteroatoms. The maximum atomic E-state index is 12.8. The summed E-state index contributed by atoms with van der Waals surface area (Å²) in [5.74, 6) is 1.63. The number of carbonyl (C=O) groups excluding carboxylic acids is 1. The van der Waals surface area contributed by atoms with Crippen molar-refractivity contribution in [1.82, 2.24) is 14.8 Å². The lowest BCUT2D eigenvalue weighted by Crippen LogP contribution is -2.31. The Balaban J connectivity index is 1.84. The second-order valence-electron chi connectivity index (χ2n) is 6.61. The first kappa shape index (κ1) is 17.3. The molecule has 0 fully saturated rings. The summed E-state index contributed by atoms with van der Waals surface area (Å²) in [6.07, 6.45) is 5.87.